The summed E-state index contributed by atoms with van der Waals surface area (Å²) in [4.78, 5) is 14.3. The number of pyridine rings is 1. The minimum atomic E-state index is -4.45. The fourth-order valence-corrected chi connectivity index (χ4v) is 1.71. The van der Waals surface area contributed by atoms with Crippen molar-refractivity contribution in [3.63, 3.8) is 0 Å². The van der Waals surface area contributed by atoms with Crippen molar-refractivity contribution < 1.29 is 18.0 Å². The molecule has 0 radical (unpaired) electrons. The molecule has 0 spiro atoms. The molecule has 0 amide bonds. The Hall–Kier alpha value is -1.01. The standard InChI is InChI=1S/C11H9ClF3NOS/c1-7(17)18-4-2-3-10-9(12)5-8(6-16-10)11(13,14)15/h2-3,5-6H,4H2,1H3. The zero-order valence-electron chi connectivity index (χ0n) is 9.29. The molecule has 0 aliphatic rings. The minimum absolute atomic E-state index is 0.0360. The van der Waals surface area contributed by atoms with E-state index in [-0.39, 0.29) is 15.8 Å². The zero-order chi connectivity index (χ0) is 13.8. The smallest absolute Gasteiger partial charge is 0.288 e. The van der Waals surface area contributed by atoms with Gasteiger partial charge in [-0.05, 0) is 12.1 Å². The predicted molar refractivity (Wildman–Crippen MR) is 66.4 cm³/mol. The van der Waals surface area contributed by atoms with Gasteiger partial charge in [-0.15, -0.1) is 0 Å². The molecule has 0 bridgehead atoms. The Kier molecular flexibility index (Phi) is 5.22. The summed E-state index contributed by atoms with van der Waals surface area (Å²) < 4.78 is 37.0. The largest absolute Gasteiger partial charge is 0.417 e. The van der Waals surface area contributed by atoms with Crippen LogP contribution in [0.1, 0.15) is 18.2 Å². The van der Waals surface area contributed by atoms with Gasteiger partial charge >= 0.3 is 6.18 Å². The monoisotopic (exact) mass is 295 g/mol. The molecule has 1 heterocycles. The van der Waals surface area contributed by atoms with E-state index in [2.05, 4.69) is 4.98 Å². The van der Waals surface area contributed by atoms with E-state index >= 15 is 0 Å². The summed E-state index contributed by atoms with van der Waals surface area (Å²) in [6.45, 7) is 1.43. The van der Waals surface area contributed by atoms with Gasteiger partial charge < -0.3 is 0 Å². The maximum Gasteiger partial charge on any atom is 0.417 e. The van der Waals surface area contributed by atoms with Gasteiger partial charge in [0.05, 0.1) is 16.3 Å². The van der Waals surface area contributed by atoms with Crippen LogP contribution in [0.5, 0.6) is 0 Å². The minimum Gasteiger partial charge on any atom is -0.288 e. The van der Waals surface area contributed by atoms with Crippen molar-refractivity contribution in [3.05, 3.63) is 34.6 Å². The van der Waals surface area contributed by atoms with Crippen molar-refractivity contribution in [2.45, 2.75) is 13.1 Å². The van der Waals surface area contributed by atoms with Gasteiger partial charge in [-0.1, -0.05) is 29.4 Å². The van der Waals surface area contributed by atoms with Gasteiger partial charge in [0, 0.05) is 18.9 Å². The summed E-state index contributed by atoms with van der Waals surface area (Å²) in [6, 6.07) is 0.826. The quantitative estimate of drug-likeness (QED) is 0.843. The molecule has 0 unspecified atom stereocenters. The normalized spacial score (nSPS) is 12.1. The second-order valence-electron chi connectivity index (χ2n) is 3.29. The number of hydrogen-bond acceptors (Lipinski definition) is 3. The lowest BCUT2D eigenvalue weighted by atomic mass is 10.2. The van der Waals surface area contributed by atoms with Gasteiger partial charge in [0.25, 0.3) is 0 Å². The number of halogens is 4. The molecule has 1 rings (SSSR count). The summed E-state index contributed by atoms with van der Waals surface area (Å²) in [5.41, 5.74) is -0.642. The Labute approximate surface area is 111 Å². The van der Waals surface area contributed by atoms with E-state index in [1.807, 2.05) is 0 Å². The molecule has 0 aromatic carbocycles. The van der Waals surface area contributed by atoms with Crippen molar-refractivity contribution in [2.24, 2.45) is 0 Å². The van der Waals surface area contributed by atoms with Crippen LogP contribution in [0, 0.1) is 0 Å². The van der Waals surface area contributed by atoms with Gasteiger partial charge in [-0.3, -0.25) is 9.78 Å². The number of nitrogens with zero attached hydrogens (tertiary/aromatic N) is 1. The number of thioether (sulfide) groups is 1. The highest BCUT2D eigenvalue weighted by Gasteiger charge is 2.31. The highest BCUT2D eigenvalue weighted by atomic mass is 35.5. The van der Waals surface area contributed by atoms with E-state index in [0.29, 0.717) is 5.75 Å². The first-order valence-corrected chi connectivity index (χ1v) is 6.19. The molecule has 0 atom stereocenters. The van der Waals surface area contributed by atoms with Crippen LogP contribution in [-0.2, 0) is 11.0 Å². The van der Waals surface area contributed by atoms with E-state index < -0.39 is 11.7 Å². The van der Waals surface area contributed by atoms with Gasteiger partial charge in [-0.2, -0.15) is 13.2 Å². The van der Waals surface area contributed by atoms with Crippen LogP contribution in [0.4, 0.5) is 13.2 Å². The molecule has 0 saturated heterocycles. The number of aromatic nitrogens is 1. The fourth-order valence-electron chi connectivity index (χ4n) is 1.05. The topological polar surface area (TPSA) is 30.0 Å². The Bertz CT molecular complexity index is 474. The Morgan fingerprint density at radius 3 is 2.72 bits per heavy atom. The number of rotatable bonds is 3. The molecule has 1 aromatic heterocycles. The highest BCUT2D eigenvalue weighted by molar-refractivity contribution is 8.13. The lowest BCUT2D eigenvalue weighted by Gasteiger charge is -2.07. The molecule has 2 nitrogen and oxygen atoms in total. The maximum absolute atomic E-state index is 12.3. The van der Waals surface area contributed by atoms with Crippen LogP contribution in [0.3, 0.4) is 0 Å². The van der Waals surface area contributed by atoms with Gasteiger partial charge in [0.2, 0.25) is 0 Å². The molecule has 0 aliphatic carbocycles. The molecular formula is C11H9ClF3NOS. The van der Waals surface area contributed by atoms with E-state index in [4.69, 9.17) is 11.6 Å². The van der Waals surface area contributed by atoms with Crippen LogP contribution >= 0.6 is 23.4 Å². The van der Waals surface area contributed by atoms with Crippen LogP contribution < -0.4 is 0 Å². The predicted octanol–water partition coefficient (Wildman–Crippen LogP) is 4.05. The molecule has 18 heavy (non-hydrogen) atoms. The first kappa shape index (κ1) is 15.0. The number of alkyl halides is 3. The van der Waals surface area contributed by atoms with Crippen molar-refractivity contribution in [1.82, 2.24) is 4.98 Å². The first-order chi connectivity index (χ1) is 8.30. The first-order valence-electron chi connectivity index (χ1n) is 4.83. The van der Waals surface area contributed by atoms with E-state index in [1.54, 1.807) is 6.08 Å². The molecule has 0 saturated carbocycles. The fraction of sp³-hybridized carbons (Fsp3) is 0.273. The van der Waals surface area contributed by atoms with Crippen molar-refractivity contribution in [3.8, 4) is 0 Å². The molecule has 98 valence electrons. The van der Waals surface area contributed by atoms with Gasteiger partial charge in [0.15, 0.2) is 5.12 Å². The average Bonchev–Trinajstić information content (AvgIpc) is 2.24. The van der Waals surface area contributed by atoms with E-state index in [9.17, 15) is 18.0 Å². The summed E-state index contributed by atoms with van der Waals surface area (Å²) in [6.07, 6.45) is -0.626. The number of carbonyl (C=O) groups excluding carboxylic acids is 1. The van der Waals surface area contributed by atoms with E-state index in [1.165, 1.54) is 13.0 Å². The number of carbonyl (C=O) groups is 1. The third-order valence-corrected chi connectivity index (χ3v) is 2.92. The highest BCUT2D eigenvalue weighted by Crippen LogP contribution is 2.31. The van der Waals surface area contributed by atoms with Crippen molar-refractivity contribution in [1.29, 1.82) is 0 Å². The summed E-state index contributed by atoms with van der Waals surface area (Å²) >= 11 is 6.78. The SMILES string of the molecule is CC(=O)SCC=Cc1ncc(C(F)(F)F)cc1Cl. The Balaban J connectivity index is 2.77. The summed E-state index contributed by atoms with van der Waals surface area (Å²) in [7, 11) is 0. The molecule has 0 fully saturated rings. The van der Waals surface area contributed by atoms with Crippen molar-refractivity contribution >= 4 is 34.6 Å². The third kappa shape index (κ3) is 4.70. The van der Waals surface area contributed by atoms with Gasteiger partial charge in [0.1, 0.15) is 0 Å². The molecule has 0 N–H and O–H groups in total. The lowest BCUT2D eigenvalue weighted by Crippen LogP contribution is -2.05. The zero-order valence-corrected chi connectivity index (χ0v) is 10.9. The van der Waals surface area contributed by atoms with Crippen LogP contribution in [-0.4, -0.2) is 15.9 Å². The molecule has 1 aromatic rings. The molecule has 0 aliphatic heterocycles. The third-order valence-electron chi connectivity index (χ3n) is 1.86. The van der Waals surface area contributed by atoms with E-state index in [0.717, 1.165) is 24.0 Å². The molecule has 7 heteroatoms. The maximum atomic E-state index is 12.3. The van der Waals surface area contributed by atoms with Crippen molar-refractivity contribution in [2.75, 3.05) is 5.75 Å². The number of hydrogen-bond donors (Lipinski definition) is 0. The second kappa shape index (κ2) is 6.24. The summed E-state index contributed by atoms with van der Waals surface area (Å²) in [5, 5.41) is -0.111. The van der Waals surface area contributed by atoms with Gasteiger partial charge in [-0.25, -0.2) is 0 Å². The molecular weight excluding hydrogens is 287 g/mol. The average molecular weight is 296 g/mol. The van der Waals surface area contributed by atoms with Crippen LogP contribution in [0.15, 0.2) is 18.3 Å². The van der Waals surface area contributed by atoms with Crippen LogP contribution in [0.25, 0.3) is 6.08 Å². The Morgan fingerprint density at radius 2 is 2.22 bits per heavy atom. The van der Waals surface area contributed by atoms with Crippen LogP contribution in [0.2, 0.25) is 5.02 Å². The summed E-state index contributed by atoms with van der Waals surface area (Å²) in [5.74, 6) is 0.425. The Morgan fingerprint density at radius 1 is 1.56 bits per heavy atom. The second-order valence-corrected chi connectivity index (χ2v) is 4.90. The lowest BCUT2D eigenvalue weighted by molar-refractivity contribution is -0.137.